The minimum Gasteiger partial charge on any atom is -0.479 e. The van der Waals surface area contributed by atoms with E-state index in [1.807, 2.05) is 0 Å². The van der Waals surface area contributed by atoms with Gasteiger partial charge in [-0.15, -0.1) is 0 Å². The zero-order valence-corrected chi connectivity index (χ0v) is 16.0. The summed E-state index contributed by atoms with van der Waals surface area (Å²) in [6, 6.07) is 4.99. The van der Waals surface area contributed by atoms with E-state index >= 15 is 0 Å². The third kappa shape index (κ3) is 4.59. The van der Waals surface area contributed by atoms with E-state index in [4.69, 9.17) is 4.74 Å². The molecule has 4 amide bonds. The van der Waals surface area contributed by atoms with E-state index in [0.29, 0.717) is 43.3 Å². The van der Waals surface area contributed by atoms with Crippen molar-refractivity contribution >= 4 is 35.0 Å². The summed E-state index contributed by atoms with van der Waals surface area (Å²) in [6.45, 7) is 5.20. The number of fused-ring (bicyclic) bond motifs is 1. The molecule has 1 aromatic carbocycles. The largest absolute Gasteiger partial charge is 0.479 e. The first-order valence-electron chi connectivity index (χ1n) is 9.28. The van der Waals surface area contributed by atoms with Gasteiger partial charge in [-0.3, -0.25) is 19.2 Å². The van der Waals surface area contributed by atoms with E-state index in [0.717, 1.165) is 0 Å². The van der Waals surface area contributed by atoms with Crippen LogP contribution in [0.15, 0.2) is 18.2 Å². The Morgan fingerprint density at radius 2 is 1.82 bits per heavy atom. The van der Waals surface area contributed by atoms with E-state index in [1.165, 1.54) is 6.92 Å². The van der Waals surface area contributed by atoms with Crippen LogP contribution in [0, 0.1) is 0 Å². The molecule has 0 spiro atoms. The lowest BCUT2D eigenvalue weighted by Crippen LogP contribution is -2.50. The summed E-state index contributed by atoms with van der Waals surface area (Å²) in [5.41, 5.74) is 1.02. The highest BCUT2D eigenvalue weighted by molar-refractivity contribution is 5.99. The van der Waals surface area contributed by atoms with Crippen molar-refractivity contribution in [2.75, 3.05) is 36.8 Å². The maximum Gasteiger partial charge on any atom is 0.265 e. The maximum atomic E-state index is 12.3. The Kier molecular flexibility index (Phi) is 5.81. The summed E-state index contributed by atoms with van der Waals surface area (Å²) >= 11 is 0. The van der Waals surface area contributed by atoms with Gasteiger partial charge < -0.3 is 25.2 Å². The second kappa shape index (κ2) is 8.28. The van der Waals surface area contributed by atoms with E-state index in [9.17, 15) is 19.2 Å². The van der Waals surface area contributed by atoms with Crippen LogP contribution in [0.1, 0.15) is 26.7 Å². The van der Waals surface area contributed by atoms with Crippen LogP contribution in [0.3, 0.4) is 0 Å². The molecule has 0 aromatic heterocycles. The van der Waals surface area contributed by atoms with Gasteiger partial charge in [-0.25, -0.2) is 0 Å². The zero-order valence-electron chi connectivity index (χ0n) is 16.0. The second-order valence-corrected chi connectivity index (χ2v) is 6.90. The van der Waals surface area contributed by atoms with Crippen LogP contribution >= 0.6 is 0 Å². The Hall–Kier alpha value is -3.10. The van der Waals surface area contributed by atoms with Gasteiger partial charge in [-0.2, -0.15) is 0 Å². The minimum absolute atomic E-state index is 0.00701. The van der Waals surface area contributed by atoms with Gasteiger partial charge in [0, 0.05) is 51.6 Å². The average molecular weight is 388 g/mol. The number of rotatable bonds is 4. The molecular weight excluding hydrogens is 364 g/mol. The normalized spacial score (nSPS) is 18.6. The Labute approximate surface area is 163 Å². The molecule has 28 heavy (non-hydrogen) atoms. The van der Waals surface area contributed by atoms with Gasteiger partial charge in [-0.05, 0) is 25.1 Å². The topological polar surface area (TPSA) is 108 Å². The van der Waals surface area contributed by atoms with Gasteiger partial charge in [0.25, 0.3) is 5.91 Å². The molecule has 0 aliphatic carbocycles. The summed E-state index contributed by atoms with van der Waals surface area (Å²) in [4.78, 5) is 50.8. The molecule has 150 valence electrons. The number of hydrogen-bond donors (Lipinski definition) is 2. The van der Waals surface area contributed by atoms with Crippen molar-refractivity contribution < 1.29 is 23.9 Å². The van der Waals surface area contributed by atoms with E-state index in [1.54, 1.807) is 34.9 Å². The van der Waals surface area contributed by atoms with Crippen LogP contribution in [0.2, 0.25) is 0 Å². The van der Waals surface area contributed by atoms with Crippen molar-refractivity contribution in [3.8, 4) is 5.75 Å². The fourth-order valence-electron chi connectivity index (χ4n) is 3.16. The summed E-state index contributed by atoms with van der Waals surface area (Å²) in [5, 5.41) is 5.45. The Morgan fingerprint density at radius 3 is 2.50 bits per heavy atom. The monoisotopic (exact) mass is 388 g/mol. The lowest BCUT2D eigenvalue weighted by molar-refractivity contribution is -0.138. The Bertz CT molecular complexity index is 802. The van der Waals surface area contributed by atoms with Gasteiger partial charge in [0.05, 0.1) is 5.69 Å². The predicted molar refractivity (Wildman–Crippen MR) is 102 cm³/mol. The molecule has 1 aromatic rings. The van der Waals surface area contributed by atoms with Gasteiger partial charge >= 0.3 is 0 Å². The number of anilines is 2. The maximum absolute atomic E-state index is 12.3. The number of ether oxygens (including phenoxy) is 1. The van der Waals surface area contributed by atoms with Crippen LogP contribution in [-0.2, 0) is 19.2 Å². The lowest BCUT2D eigenvalue weighted by Gasteiger charge is -2.34. The van der Waals surface area contributed by atoms with Crippen molar-refractivity contribution in [3.63, 3.8) is 0 Å². The molecule has 3 rings (SSSR count). The molecule has 0 radical (unpaired) electrons. The standard InChI is InChI=1S/C19H24N4O5/c1-12-19(27)21-15-11-14(3-4-16(15)28-12)20-17(25)5-6-18(26)23-9-7-22(8-10-23)13(2)24/h3-4,11-12H,5-10H2,1-2H3,(H,20,25)(H,21,27)/t12-/m0/s1. The van der Waals surface area contributed by atoms with E-state index in [-0.39, 0.29) is 36.5 Å². The van der Waals surface area contributed by atoms with Gasteiger partial charge in [0.15, 0.2) is 6.10 Å². The fraction of sp³-hybridized carbons (Fsp3) is 0.474. The van der Waals surface area contributed by atoms with Crippen molar-refractivity contribution in [2.45, 2.75) is 32.8 Å². The number of piperazine rings is 1. The molecule has 1 atom stereocenters. The molecule has 2 N–H and O–H groups in total. The van der Waals surface area contributed by atoms with Crippen molar-refractivity contribution in [2.24, 2.45) is 0 Å². The van der Waals surface area contributed by atoms with Crippen molar-refractivity contribution in [1.29, 1.82) is 0 Å². The number of carbonyl (C=O) groups excluding carboxylic acids is 4. The quantitative estimate of drug-likeness (QED) is 0.794. The van der Waals surface area contributed by atoms with Crippen molar-refractivity contribution in [3.05, 3.63) is 18.2 Å². The molecule has 2 aliphatic rings. The number of nitrogens with one attached hydrogen (secondary N) is 2. The highest BCUT2D eigenvalue weighted by Crippen LogP contribution is 2.32. The zero-order chi connectivity index (χ0) is 20.3. The summed E-state index contributed by atoms with van der Waals surface area (Å²) < 4.78 is 5.47. The first kappa shape index (κ1) is 19.7. The number of hydrogen-bond acceptors (Lipinski definition) is 5. The molecule has 0 saturated carbocycles. The number of carbonyl (C=O) groups is 4. The summed E-state index contributed by atoms with van der Waals surface area (Å²) in [6.07, 6.45) is -0.395. The molecule has 0 unspecified atom stereocenters. The molecule has 9 heteroatoms. The first-order valence-corrected chi connectivity index (χ1v) is 9.28. The highest BCUT2D eigenvalue weighted by atomic mass is 16.5. The van der Waals surface area contributed by atoms with Crippen LogP contribution in [0.25, 0.3) is 0 Å². The van der Waals surface area contributed by atoms with E-state index < -0.39 is 6.10 Å². The molecular formula is C19H24N4O5. The molecule has 1 saturated heterocycles. The molecule has 2 heterocycles. The number of benzene rings is 1. The van der Waals surface area contributed by atoms with Crippen LogP contribution in [-0.4, -0.2) is 65.7 Å². The Morgan fingerprint density at radius 1 is 1.14 bits per heavy atom. The highest BCUT2D eigenvalue weighted by Gasteiger charge is 2.24. The molecule has 9 nitrogen and oxygen atoms in total. The van der Waals surface area contributed by atoms with E-state index in [2.05, 4.69) is 10.6 Å². The molecule has 1 fully saturated rings. The SMILES string of the molecule is CC(=O)N1CCN(C(=O)CCC(=O)Nc2ccc3c(c2)NC(=O)[C@H](C)O3)CC1. The minimum atomic E-state index is -0.559. The van der Waals surface area contributed by atoms with Crippen LogP contribution in [0.4, 0.5) is 11.4 Å². The van der Waals surface area contributed by atoms with Gasteiger partial charge in [0.2, 0.25) is 17.7 Å². The van der Waals surface area contributed by atoms with Crippen LogP contribution < -0.4 is 15.4 Å². The second-order valence-electron chi connectivity index (χ2n) is 6.90. The fourth-order valence-corrected chi connectivity index (χ4v) is 3.16. The third-order valence-corrected chi connectivity index (χ3v) is 4.84. The average Bonchev–Trinajstić information content (AvgIpc) is 2.67. The van der Waals surface area contributed by atoms with Gasteiger partial charge in [0.1, 0.15) is 5.75 Å². The van der Waals surface area contributed by atoms with Gasteiger partial charge in [-0.1, -0.05) is 0 Å². The number of amides is 4. The third-order valence-electron chi connectivity index (χ3n) is 4.84. The molecule has 2 aliphatic heterocycles. The smallest absolute Gasteiger partial charge is 0.265 e. The molecule has 0 bridgehead atoms. The van der Waals surface area contributed by atoms with Crippen molar-refractivity contribution in [1.82, 2.24) is 9.80 Å². The Balaban J connectivity index is 1.47. The lowest BCUT2D eigenvalue weighted by atomic mass is 10.2. The first-order chi connectivity index (χ1) is 13.3. The summed E-state index contributed by atoms with van der Waals surface area (Å²) in [5.74, 6) is -0.0745. The van der Waals surface area contributed by atoms with Crippen LogP contribution in [0.5, 0.6) is 5.75 Å². The summed E-state index contributed by atoms with van der Waals surface area (Å²) in [7, 11) is 0. The number of nitrogens with zero attached hydrogens (tertiary/aromatic N) is 2. The predicted octanol–water partition coefficient (Wildman–Crippen LogP) is 0.815.